The van der Waals surface area contributed by atoms with Gasteiger partial charge in [-0.05, 0) is 18.4 Å². The van der Waals surface area contributed by atoms with Gasteiger partial charge < -0.3 is 5.43 Å². The Hall–Kier alpha value is -1.87. The first-order valence-electron chi connectivity index (χ1n) is 5.27. The second kappa shape index (κ2) is 4.77. The number of hydrogen-bond acceptors (Lipinski definition) is 2. The van der Waals surface area contributed by atoms with Gasteiger partial charge >= 0.3 is 0 Å². The summed E-state index contributed by atoms with van der Waals surface area (Å²) in [5, 5.41) is 2.38. The van der Waals surface area contributed by atoms with Gasteiger partial charge in [0.2, 0.25) is 0 Å². The van der Waals surface area contributed by atoms with Gasteiger partial charge in [-0.25, -0.2) is 10.4 Å². The molecule has 82 valence electrons. The smallest absolute Gasteiger partial charge is 0.113 e. The Bertz CT molecular complexity index is 512. The van der Waals surface area contributed by atoms with E-state index < -0.39 is 0 Å². The summed E-state index contributed by atoms with van der Waals surface area (Å²) in [5.41, 5.74) is 6.80. The zero-order valence-electron chi connectivity index (χ0n) is 9.49. The predicted molar refractivity (Wildman–Crippen MR) is 68.9 cm³/mol. The topological polar surface area (TPSA) is 36.4 Å². The summed E-state index contributed by atoms with van der Waals surface area (Å²) in [6, 6.07) is 14.4. The molecular formula is C13H15N3. The van der Waals surface area contributed by atoms with Crippen molar-refractivity contribution in [2.75, 3.05) is 7.05 Å². The maximum atomic E-state index is 4.52. The second-order valence-electron chi connectivity index (χ2n) is 3.57. The van der Waals surface area contributed by atoms with E-state index in [1.54, 1.807) is 0 Å². The van der Waals surface area contributed by atoms with Crippen molar-refractivity contribution < 1.29 is 0 Å². The van der Waals surface area contributed by atoms with E-state index in [0.29, 0.717) is 0 Å². The Morgan fingerprint density at radius 3 is 2.62 bits per heavy atom. The number of benzene rings is 2. The van der Waals surface area contributed by atoms with Crippen LogP contribution < -0.4 is 10.9 Å². The summed E-state index contributed by atoms with van der Waals surface area (Å²) in [5.74, 6) is 0.846. The molecule has 0 saturated carbocycles. The van der Waals surface area contributed by atoms with Crippen LogP contribution in [0.4, 0.5) is 5.69 Å². The molecule has 0 fully saturated rings. The number of nitrogens with one attached hydrogen (secondary N) is 2. The van der Waals surface area contributed by atoms with Crippen molar-refractivity contribution >= 4 is 22.3 Å². The fourth-order valence-corrected chi connectivity index (χ4v) is 1.70. The summed E-state index contributed by atoms with van der Waals surface area (Å²) < 4.78 is 0. The van der Waals surface area contributed by atoms with Gasteiger partial charge in [0, 0.05) is 12.4 Å². The highest BCUT2D eigenvalue weighted by atomic mass is 15.4. The first-order chi connectivity index (χ1) is 7.81. The van der Waals surface area contributed by atoms with Crippen LogP contribution in [0, 0.1) is 0 Å². The lowest BCUT2D eigenvalue weighted by Gasteiger charge is -2.05. The summed E-state index contributed by atoms with van der Waals surface area (Å²) in [6.07, 6.45) is 0. The molecule has 0 aliphatic rings. The minimum atomic E-state index is 0.846. The van der Waals surface area contributed by atoms with E-state index >= 15 is 0 Å². The highest BCUT2D eigenvalue weighted by molar-refractivity contribution is 5.95. The number of aliphatic imine (C=N–C) groups is 1. The molecule has 0 bridgehead atoms. The van der Waals surface area contributed by atoms with Gasteiger partial charge in [-0.2, -0.15) is 0 Å². The van der Waals surface area contributed by atoms with E-state index in [9.17, 15) is 0 Å². The highest BCUT2D eigenvalue weighted by Crippen LogP contribution is 2.25. The Morgan fingerprint density at radius 2 is 1.81 bits per heavy atom. The van der Waals surface area contributed by atoms with E-state index in [2.05, 4.69) is 34.0 Å². The van der Waals surface area contributed by atoms with Crippen molar-refractivity contribution in [2.45, 2.75) is 6.92 Å². The first-order valence-corrected chi connectivity index (χ1v) is 5.27. The van der Waals surface area contributed by atoms with E-state index in [1.807, 2.05) is 38.2 Å². The van der Waals surface area contributed by atoms with Crippen LogP contribution in [0.3, 0.4) is 0 Å². The maximum Gasteiger partial charge on any atom is 0.113 e. The lowest BCUT2D eigenvalue weighted by atomic mass is 10.1. The number of hydrazine groups is 1. The summed E-state index contributed by atoms with van der Waals surface area (Å²) >= 11 is 0. The molecule has 0 amide bonds. The van der Waals surface area contributed by atoms with Crippen LogP contribution in [0.2, 0.25) is 0 Å². The molecule has 0 spiro atoms. The third-order valence-electron chi connectivity index (χ3n) is 2.36. The van der Waals surface area contributed by atoms with Crippen molar-refractivity contribution in [3.8, 4) is 0 Å². The molecule has 0 atom stereocenters. The van der Waals surface area contributed by atoms with Crippen LogP contribution in [0.5, 0.6) is 0 Å². The molecule has 3 nitrogen and oxygen atoms in total. The van der Waals surface area contributed by atoms with Gasteiger partial charge in [-0.3, -0.25) is 0 Å². The highest BCUT2D eigenvalue weighted by Gasteiger charge is 1.98. The molecule has 2 aromatic carbocycles. The Balaban J connectivity index is 2.48. The average molecular weight is 213 g/mol. The van der Waals surface area contributed by atoms with Gasteiger partial charge in [0.25, 0.3) is 0 Å². The summed E-state index contributed by atoms with van der Waals surface area (Å²) in [4.78, 5) is 4.52. The normalized spacial score (nSPS) is 11.8. The standard InChI is InChI=1S/C13H15N3/c1-10(16-14-2)15-13-9-5-7-11-6-3-4-8-12(11)13/h3-9,14H,1-2H3,(H,15,16). The first kappa shape index (κ1) is 10.6. The number of fused-ring (bicyclic) bond motifs is 1. The quantitative estimate of drug-likeness (QED) is 0.457. The van der Waals surface area contributed by atoms with Crippen LogP contribution in [-0.2, 0) is 0 Å². The van der Waals surface area contributed by atoms with E-state index in [1.165, 1.54) is 10.8 Å². The number of rotatable bonds is 2. The fraction of sp³-hybridized carbons (Fsp3) is 0.154. The molecule has 2 rings (SSSR count). The molecule has 0 aromatic heterocycles. The van der Waals surface area contributed by atoms with Crippen molar-refractivity contribution in [2.24, 2.45) is 4.99 Å². The summed E-state index contributed by atoms with van der Waals surface area (Å²) in [7, 11) is 1.82. The third kappa shape index (κ3) is 2.20. The van der Waals surface area contributed by atoms with Crippen LogP contribution >= 0.6 is 0 Å². The minimum absolute atomic E-state index is 0.846. The van der Waals surface area contributed by atoms with Gasteiger partial charge in [-0.1, -0.05) is 36.4 Å². The lowest BCUT2D eigenvalue weighted by Crippen LogP contribution is -2.31. The van der Waals surface area contributed by atoms with Crippen LogP contribution in [0.25, 0.3) is 10.8 Å². The fourth-order valence-electron chi connectivity index (χ4n) is 1.70. The molecule has 0 aliphatic carbocycles. The largest absolute Gasteiger partial charge is 0.310 e. The number of amidine groups is 1. The predicted octanol–water partition coefficient (Wildman–Crippen LogP) is 2.61. The van der Waals surface area contributed by atoms with E-state index in [4.69, 9.17) is 0 Å². The molecule has 2 aromatic rings. The van der Waals surface area contributed by atoms with Crippen LogP contribution in [0.15, 0.2) is 47.5 Å². The molecule has 0 unspecified atom stereocenters. The van der Waals surface area contributed by atoms with E-state index in [0.717, 1.165) is 11.5 Å². The molecule has 0 aliphatic heterocycles. The Kier molecular flexibility index (Phi) is 3.17. The molecule has 3 heteroatoms. The van der Waals surface area contributed by atoms with Gasteiger partial charge in [0.15, 0.2) is 0 Å². The zero-order chi connectivity index (χ0) is 11.4. The van der Waals surface area contributed by atoms with Crippen LogP contribution in [0.1, 0.15) is 6.92 Å². The van der Waals surface area contributed by atoms with Crippen molar-refractivity contribution in [3.05, 3.63) is 42.5 Å². The molecule has 0 radical (unpaired) electrons. The van der Waals surface area contributed by atoms with Crippen molar-refractivity contribution in [1.29, 1.82) is 0 Å². The average Bonchev–Trinajstić information content (AvgIpc) is 2.30. The monoisotopic (exact) mass is 213 g/mol. The van der Waals surface area contributed by atoms with E-state index in [-0.39, 0.29) is 0 Å². The summed E-state index contributed by atoms with van der Waals surface area (Å²) in [6.45, 7) is 1.93. The van der Waals surface area contributed by atoms with Crippen LogP contribution in [-0.4, -0.2) is 12.9 Å². The van der Waals surface area contributed by atoms with Gasteiger partial charge in [0.05, 0.1) is 5.69 Å². The molecule has 2 N–H and O–H groups in total. The lowest BCUT2D eigenvalue weighted by molar-refractivity contribution is 0.765. The number of hydrogen-bond donors (Lipinski definition) is 2. The zero-order valence-corrected chi connectivity index (χ0v) is 9.49. The molecule has 16 heavy (non-hydrogen) atoms. The molecular weight excluding hydrogens is 198 g/mol. The second-order valence-corrected chi connectivity index (χ2v) is 3.57. The van der Waals surface area contributed by atoms with Crippen molar-refractivity contribution in [1.82, 2.24) is 10.9 Å². The third-order valence-corrected chi connectivity index (χ3v) is 2.36. The van der Waals surface area contributed by atoms with Gasteiger partial charge in [0.1, 0.15) is 5.84 Å². The number of nitrogens with zero attached hydrogens (tertiary/aromatic N) is 1. The Labute approximate surface area is 95.2 Å². The minimum Gasteiger partial charge on any atom is -0.310 e. The molecule has 0 heterocycles. The maximum absolute atomic E-state index is 4.52. The molecule has 0 saturated heterocycles. The van der Waals surface area contributed by atoms with Gasteiger partial charge in [-0.15, -0.1) is 0 Å². The SMILES string of the molecule is CNNC(C)=Nc1cccc2ccccc12. The van der Waals surface area contributed by atoms with Crippen molar-refractivity contribution in [3.63, 3.8) is 0 Å². The Morgan fingerprint density at radius 1 is 1.06 bits per heavy atom.